The van der Waals surface area contributed by atoms with Crippen LogP contribution in [0.15, 0.2) is 192 Å². The van der Waals surface area contributed by atoms with Gasteiger partial charge >= 0.3 is 0 Å². The third kappa shape index (κ3) is 4.65. The smallest absolute Gasteiger partial charge is 0.136 e. The molecule has 0 amide bonds. The molecular formula is C48H31NO. The van der Waals surface area contributed by atoms with Crippen molar-refractivity contribution in [3.63, 3.8) is 0 Å². The molecule has 2 nitrogen and oxygen atoms in total. The molecule has 0 N–H and O–H groups in total. The highest BCUT2D eigenvalue weighted by Crippen LogP contribution is 2.43. The standard InChI is InChI=1S/C48H31NO/c1-3-13-39-33(10-1)12-9-18-40(39)34-22-27-38(28-23-34)49(46-30-36-11-2-4-14-41(36)42-15-5-6-16-43(42)46)37-25-20-32(21-26-37)35-24-29-45-44-17-7-8-19-47(44)50-48(45)31-35/h1-31H. The lowest BCUT2D eigenvalue weighted by Gasteiger charge is -2.28. The summed E-state index contributed by atoms with van der Waals surface area (Å²) < 4.78 is 6.23. The van der Waals surface area contributed by atoms with Gasteiger partial charge in [0.05, 0.1) is 5.69 Å². The molecule has 0 aliphatic heterocycles. The van der Waals surface area contributed by atoms with E-state index >= 15 is 0 Å². The number of para-hydroxylation sites is 1. The van der Waals surface area contributed by atoms with Gasteiger partial charge in [-0.15, -0.1) is 0 Å². The third-order valence-corrected chi connectivity index (χ3v) is 10.1. The summed E-state index contributed by atoms with van der Waals surface area (Å²) in [7, 11) is 0. The number of fused-ring (bicyclic) bond motifs is 7. The minimum Gasteiger partial charge on any atom is -0.456 e. The van der Waals surface area contributed by atoms with Crippen LogP contribution in [-0.2, 0) is 0 Å². The van der Waals surface area contributed by atoms with Gasteiger partial charge in [0.15, 0.2) is 0 Å². The monoisotopic (exact) mass is 637 g/mol. The average molecular weight is 638 g/mol. The zero-order chi connectivity index (χ0) is 33.0. The number of hydrogen-bond acceptors (Lipinski definition) is 2. The Morgan fingerprint density at radius 2 is 0.880 bits per heavy atom. The first-order valence-electron chi connectivity index (χ1n) is 17.1. The first kappa shape index (κ1) is 28.4. The number of anilines is 3. The highest BCUT2D eigenvalue weighted by molar-refractivity contribution is 6.14. The maximum Gasteiger partial charge on any atom is 0.136 e. The van der Waals surface area contributed by atoms with Gasteiger partial charge < -0.3 is 9.32 Å². The van der Waals surface area contributed by atoms with Crippen LogP contribution in [0, 0.1) is 0 Å². The predicted molar refractivity (Wildman–Crippen MR) is 212 cm³/mol. The van der Waals surface area contributed by atoms with Crippen molar-refractivity contribution in [3.8, 4) is 22.3 Å². The molecule has 0 fully saturated rings. The molecule has 2 heteroatoms. The van der Waals surface area contributed by atoms with Gasteiger partial charge in [-0.1, -0.05) is 140 Å². The minimum atomic E-state index is 0.906. The number of nitrogens with zero attached hydrogens (tertiary/aromatic N) is 1. The van der Waals surface area contributed by atoms with E-state index in [-0.39, 0.29) is 0 Å². The average Bonchev–Trinajstić information content (AvgIpc) is 3.56. The van der Waals surface area contributed by atoms with Crippen molar-refractivity contribution in [2.24, 2.45) is 0 Å². The highest BCUT2D eigenvalue weighted by Gasteiger charge is 2.18. The molecule has 9 aromatic carbocycles. The molecular weight excluding hydrogens is 607 g/mol. The van der Waals surface area contributed by atoms with Gasteiger partial charge in [-0.05, 0) is 97.7 Å². The summed E-state index contributed by atoms with van der Waals surface area (Å²) in [6.07, 6.45) is 0. The van der Waals surface area contributed by atoms with Gasteiger partial charge in [0.25, 0.3) is 0 Å². The number of furan rings is 1. The lowest BCUT2D eigenvalue weighted by Crippen LogP contribution is -2.10. The Labute approximate surface area is 290 Å². The lowest BCUT2D eigenvalue weighted by molar-refractivity contribution is 0.669. The van der Waals surface area contributed by atoms with Crippen LogP contribution in [0.3, 0.4) is 0 Å². The van der Waals surface area contributed by atoms with Crippen LogP contribution < -0.4 is 4.90 Å². The van der Waals surface area contributed by atoms with Crippen molar-refractivity contribution in [3.05, 3.63) is 188 Å². The molecule has 0 aliphatic carbocycles. The fourth-order valence-corrected chi connectivity index (χ4v) is 7.62. The lowest BCUT2D eigenvalue weighted by atomic mass is 9.97. The van der Waals surface area contributed by atoms with Gasteiger partial charge in [0.2, 0.25) is 0 Å². The molecule has 0 radical (unpaired) electrons. The third-order valence-electron chi connectivity index (χ3n) is 10.1. The highest BCUT2D eigenvalue weighted by atomic mass is 16.3. The van der Waals surface area contributed by atoms with Crippen LogP contribution in [0.5, 0.6) is 0 Å². The van der Waals surface area contributed by atoms with Crippen LogP contribution in [0.2, 0.25) is 0 Å². The molecule has 10 aromatic rings. The van der Waals surface area contributed by atoms with Crippen molar-refractivity contribution in [2.45, 2.75) is 0 Å². The minimum absolute atomic E-state index is 0.906. The van der Waals surface area contributed by atoms with E-state index in [4.69, 9.17) is 4.42 Å². The first-order chi connectivity index (χ1) is 24.8. The Morgan fingerprint density at radius 3 is 1.66 bits per heavy atom. The van der Waals surface area contributed by atoms with Crippen LogP contribution in [0.1, 0.15) is 0 Å². The quantitative estimate of drug-likeness (QED) is 0.175. The van der Waals surface area contributed by atoms with Gasteiger partial charge in [0, 0.05) is 27.5 Å². The number of rotatable bonds is 5. The van der Waals surface area contributed by atoms with Crippen molar-refractivity contribution in [1.82, 2.24) is 0 Å². The molecule has 234 valence electrons. The summed E-state index contributed by atoms with van der Waals surface area (Å²) in [5, 5.41) is 9.73. The number of benzene rings is 9. The summed E-state index contributed by atoms with van der Waals surface area (Å²) >= 11 is 0. The van der Waals surface area contributed by atoms with E-state index < -0.39 is 0 Å². The van der Waals surface area contributed by atoms with Crippen LogP contribution in [-0.4, -0.2) is 0 Å². The molecule has 0 unspecified atom stereocenters. The van der Waals surface area contributed by atoms with Crippen molar-refractivity contribution in [1.29, 1.82) is 0 Å². The largest absolute Gasteiger partial charge is 0.456 e. The molecule has 1 aromatic heterocycles. The SMILES string of the molecule is c1ccc2c(-c3ccc(N(c4ccc(-c5ccc6c(c5)oc5ccccc56)cc4)c4cc5ccccc5c5ccccc45)cc3)cccc2c1. The zero-order valence-electron chi connectivity index (χ0n) is 27.3. The maximum absolute atomic E-state index is 6.23. The van der Waals surface area contributed by atoms with Crippen molar-refractivity contribution in [2.75, 3.05) is 4.90 Å². The normalized spacial score (nSPS) is 11.6. The molecule has 1 heterocycles. The van der Waals surface area contributed by atoms with E-state index in [0.29, 0.717) is 0 Å². The molecule has 50 heavy (non-hydrogen) atoms. The summed E-state index contributed by atoms with van der Waals surface area (Å²) in [6.45, 7) is 0. The molecule has 0 bridgehead atoms. The second kappa shape index (κ2) is 11.5. The molecule has 0 aliphatic rings. The van der Waals surface area contributed by atoms with Crippen molar-refractivity contribution < 1.29 is 4.42 Å². The fraction of sp³-hybridized carbons (Fsp3) is 0. The van der Waals surface area contributed by atoms with E-state index in [2.05, 4.69) is 181 Å². The topological polar surface area (TPSA) is 16.4 Å². The van der Waals surface area contributed by atoms with E-state index in [0.717, 1.165) is 50.1 Å². The Balaban J connectivity index is 1.12. The van der Waals surface area contributed by atoms with Crippen LogP contribution in [0.4, 0.5) is 17.1 Å². The summed E-state index contributed by atoms with van der Waals surface area (Å²) in [5.41, 5.74) is 9.88. The summed E-state index contributed by atoms with van der Waals surface area (Å²) in [4.78, 5) is 2.40. The van der Waals surface area contributed by atoms with E-state index in [1.807, 2.05) is 12.1 Å². The summed E-state index contributed by atoms with van der Waals surface area (Å²) in [6, 6.07) is 67.6. The molecule has 0 atom stereocenters. The van der Waals surface area contributed by atoms with Crippen LogP contribution in [0.25, 0.3) is 76.5 Å². The number of hydrogen-bond donors (Lipinski definition) is 0. The summed E-state index contributed by atoms with van der Waals surface area (Å²) in [5.74, 6) is 0. The Bertz CT molecular complexity index is 2860. The predicted octanol–water partition coefficient (Wildman–Crippen LogP) is 13.8. The fourth-order valence-electron chi connectivity index (χ4n) is 7.62. The second-order valence-corrected chi connectivity index (χ2v) is 12.9. The molecule has 10 rings (SSSR count). The van der Waals surface area contributed by atoms with E-state index in [9.17, 15) is 0 Å². The van der Waals surface area contributed by atoms with Crippen LogP contribution >= 0.6 is 0 Å². The van der Waals surface area contributed by atoms with E-state index in [1.54, 1.807) is 0 Å². The second-order valence-electron chi connectivity index (χ2n) is 12.9. The van der Waals surface area contributed by atoms with Gasteiger partial charge in [-0.2, -0.15) is 0 Å². The molecule has 0 saturated heterocycles. The molecule has 0 saturated carbocycles. The first-order valence-corrected chi connectivity index (χ1v) is 17.1. The Hall–Kier alpha value is -6.64. The zero-order valence-corrected chi connectivity index (χ0v) is 27.3. The Kier molecular flexibility index (Phi) is 6.53. The van der Waals surface area contributed by atoms with E-state index in [1.165, 1.54) is 43.4 Å². The van der Waals surface area contributed by atoms with Gasteiger partial charge in [-0.3, -0.25) is 0 Å². The Morgan fingerprint density at radius 1 is 0.320 bits per heavy atom. The van der Waals surface area contributed by atoms with Gasteiger partial charge in [0.1, 0.15) is 11.2 Å². The maximum atomic E-state index is 6.23. The van der Waals surface area contributed by atoms with Crippen molar-refractivity contribution >= 4 is 71.3 Å². The molecule has 0 spiro atoms. The van der Waals surface area contributed by atoms with Gasteiger partial charge in [-0.25, -0.2) is 0 Å².